The van der Waals surface area contributed by atoms with Crippen LogP contribution in [0, 0.1) is 13.8 Å². The Bertz CT molecular complexity index is 1310. The summed E-state index contributed by atoms with van der Waals surface area (Å²) in [5.41, 5.74) is 5.39. The number of benzene rings is 3. The molecule has 3 aromatic carbocycles. The summed E-state index contributed by atoms with van der Waals surface area (Å²) in [4.78, 5) is 32.5. The molecule has 0 aliphatic carbocycles. The lowest BCUT2D eigenvalue weighted by Gasteiger charge is -2.22. The van der Waals surface area contributed by atoms with Crippen molar-refractivity contribution in [3.63, 3.8) is 0 Å². The molecule has 1 N–H and O–H groups in total. The number of aromatic nitrogens is 2. The summed E-state index contributed by atoms with van der Waals surface area (Å²) in [5.74, 6) is 0.675. The van der Waals surface area contributed by atoms with Crippen LogP contribution in [0.15, 0.2) is 72.8 Å². The molecule has 0 radical (unpaired) electrons. The molecular formula is C28H30N4O2. The Kier molecular flexibility index (Phi) is 7.07. The first-order valence-electron chi connectivity index (χ1n) is 11.6. The van der Waals surface area contributed by atoms with Crippen LogP contribution in [-0.2, 0) is 17.8 Å². The summed E-state index contributed by atoms with van der Waals surface area (Å²) in [7, 11) is 0. The maximum atomic E-state index is 13.3. The number of fused-ring (bicyclic) bond motifs is 1. The van der Waals surface area contributed by atoms with E-state index < -0.39 is 0 Å². The molecule has 0 unspecified atom stereocenters. The van der Waals surface area contributed by atoms with Gasteiger partial charge in [-0.3, -0.25) is 9.59 Å². The lowest BCUT2D eigenvalue weighted by Crippen LogP contribution is -2.34. The van der Waals surface area contributed by atoms with E-state index in [9.17, 15) is 9.59 Å². The minimum absolute atomic E-state index is 0.00239. The van der Waals surface area contributed by atoms with Gasteiger partial charge < -0.3 is 14.8 Å². The SMILES string of the molecule is CCN(C(=O)Cn1c(CCNC(=O)c2ccc(C)cc2C)nc2ccccc21)c1ccccc1. The van der Waals surface area contributed by atoms with Crippen molar-refractivity contribution in [2.75, 3.05) is 18.0 Å². The number of amides is 2. The molecule has 2 amide bonds. The quantitative estimate of drug-likeness (QED) is 0.420. The fourth-order valence-electron chi connectivity index (χ4n) is 4.28. The number of aryl methyl sites for hydroxylation is 2. The zero-order valence-electron chi connectivity index (χ0n) is 19.9. The summed E-state index contributed by atoms with van der Waals surface area (Å²) in [6.45, 7) is 7.12. The highest BCUT2D eigenvalue weighted by molar-refractivity contribution is 5.96. The van der Waals surface area contributed by atoms with Crippen molar-refractivity contribution in [1.82, 2.24) is 14.9 Å². The van der Waals surface area contributed by atoms with Crippen molar-refractivity contribution >= 4 is 28.5 Å². The molecule has 0 bridgehead atoms. The topological polar surface area (TPSA) is 67.2 Å². The molecule has 6 heteroatoms. The third-order valence-electron chi connectivity index (χ3n) is 5.97. The van der Waals surface area contributed by atoms with Crippen LogP contribution in [0.3, 0.4) is 0 Å². The molecule has 6 nitrogen and oxygen atoms in total. The Balaban J connectivity index is 1.52. The van der Waals surface area contributed by atoms with Gasteiger partial charge >= 0.3 is 0 Å². The zero-order chi connectivity index (χ0) is 24.1. The number of nitrogens with zero attached hydrogens (tertiary/aromatic N) is 3. The summed E-state index contributed by atoms with van der Waals surface area (Å²) in [6, 6.07) is 23.3. The number of carbonyl (C=O) groups excluding carboxylic acids is 2. The van der Waals surface area contributed by atoms with E-state index in [-0.39, 0.29) is 18.4 Å². The Labute approximate surface area is 200 Å². The summed E-state index contributed by atoms with van der Waals surface area (Å²) < 4.78 is 1.96. The number of para-hydroxylation sites is 3. The van der Waals surface area contributed by atoms with E-state index in [2.05, 4.69) is 5.32 Å². The second kappa shape index (κ2) is 10.3. The van der Waals surface area contributed by atoms with E-state index in [1.807, 2.05) is 98.1 Å². The number of imidazole rings is 1. The van der Waals surface area contributed by atoms with E-state index in [1.54, 1.807) is 4.90 Å². The number of anilines is 1. The minimum Gasteiger partial charge on any atom is -0.352 e. The van der Waals surface area contributed by atoms with E-state index in [1.165, 1.54) is 0 Å². The number of nitrogens with one attached hydrogen (secondary N) is 1. The molecule has 4 aromatic rings. The fourth-order valence-corrected chi connectivity index (χ4v) is 4.28. The molecule has 0 spiro atoms. The van der Waals surface area contributed by atoms with Gasteiger partial charge in [-0.05, 0) is 56.7 Å². The highest BCUT2D eigenvalue weighted by Crippen LogP contribution is 2.19. The van der Waals surface area contributed by atoms with Crippen molar-refractivity contribution in [2.45, 2.75) is 33.7 Å². The third-order valence-corrected chi connectivity index (χ3v) is 5.97. The molecule has 0 saturated heterocycles. The van der Waals surface area contributed by atoms with Crippen molar-refractivity contribution in [3.05, 3.63) is 95.3 Å². The van der Waals surface area contributed by atoms with Crippen molar-refractivity contribution in [3.8, 4) is 0 Å². The number of likely N-dealkylation sites (N-methyl/N-ethyl adjacent to an activating group) is 1. The van der Waals surface area contributed by atoms with Gasteiger partial charge in [0.1, 0.15) is 12.4 Å². The molecule has 174 valence electrons. The van der Waals surface area contributed by atoms with E-state index >= 15 is 0 Å². The predicted octanol–water partition coefficient (Wildman–Crippen LogP) is 4.68. The van der Waals surface area contributed by atoms with Gasteiger partial charge in [0.15, 0.2) is 0 Å². The first-order valence-corrected chi connectivity index (χ1v) is 11.6. The smallest absolute Gasteiger partial charge is 0.251 e. The summed E-state index contributed by atoms with van der Waals surface area (Å²) in [6.07, 6.45) is 0.524. The highest BCUT2D eigenvalue weighted by atomic mass is 16.2. The molecule has 0 fully saturated rings. The lowest BCUT2D eigenvalue weighted by molar-refractivity contribution is -0.119. The average molecular weight is 455 g/mol. The highest BCUT2D eigenvalue weighted by Gasteiger charge is 2.19. The van der Waals surface area contributed by atoms with Crippen LogP contribution < -0.4 is 10.2 Å². The van der Waals surface area contributed by atoms with E-state index in [0.717, 1.165) is 33.7 Å². The van der Waals surface area contributed by atoms with Crippen molar-refractivity contribution in [1.29, 1.82) is 0 Å². The first-order chi connectivity index (χ1) is 16.5. The average Bonchev–Trinajstić information content (AvgIpc) is 3.17. The van der Waals surface area contributed by atoms with Gasteiger partial charge in [0.05, 0.1) is 11.0 Å². The van der Waals surface area contributed by atoms with Gasteiger partial charge in [-0.15, -0.1) is 0 Å². The van der Waals surface area contributed by atoms with E-state index in [4.69, 9.17) is 4.98 Å². The molecular weight excluding hydrogens is 424 g/mol. The summed E-state index contributed by atoms with van der Waals surface area (Å²) in [5, 5.41) is 3.00. The second-order valence-electron chi connectivity index (χ2n) is 8.40. The largest absolute Gasteiger partial charge is 0.352 e. The third kappa shape index (κ3) is 5.01. The van der Waals surface area contributed by atoms with Crippen molar-refractivity contribution in [2.24, 2.45) is 0 Å². The molecule has 4 rings (SSSR count). The normalized spacial score (nSPS) is 10.9. The number of hydrogen-bond acceptors (Lipinski definition) is 3. The van der Waals surface area contributed by atoms with Crippen LogP contribution >= 0.6 is 0 Å². The number of rotatable bonds is 8. The van der Waals surface area contributed by atoms with Gasteiger partial charge in [0.2, 0.25) is 5.91 Å². The molecule has 34 heavy (non-hydrogen) atoms. The molecule has 0 aliphatic rings. The van der Waals surface area contributed by atoms with E-state index in [0.29, 0.717) is 25.1 Å². The van der Waals surface area contributed by atoms with Gasteiger partial charge in [0, 0.05) is 30.8 Å². The van der Waals surface area contributed by atoms with Crippen LogP contribution in [0.2, 0.25) is 0 Å². The monoisotopic (exact) mass is 454 g/mol. The molecule has 0 atom stereocenters. The van der Waals surface area contributed by atoms with Gasteiger partial charge in [-0.1, -0.05) is 48.0 Å². The maximum Gasteiger partial charge on any atom is 0.251 e. The summed E-state index contributed by atoms with van der Waals surface area (Å²) >= 11 is 0. The lowest BCUT2D eigenvalue weighted by atomic mass is 10.1. The van der Waals surface area contributed by atoms with Gasteiger partial charge in [-0.2, -0.15) is 0 Å². The second-order valence-corrected chi connectivity index (χ2v) is 8.40. The zero-order valence-corrected chi connectivity index (χ0v) is 19.9. The van der Waals surface area contributed by atoms with Crippen LogP contribution in [0.1, 0.15) is 34.2 Å². The fraction of sp³-hybridized carbons (Fsp3) is 0.250. The molecule has 1 heterocycles. The van der Waals surface area contributed by atoms with Crippen LogP contribution in [-0.4, -0.2) is 34.5 Å². The number of carbonyl (C=O) groups is 2. The number of hydrogen-bond donors (Lipinski definition) is 1. The Hall–Kier alpha value is -3.93. The predicted molar refractivity (Wildman–Crippen MR) is 136 cm³/mol. The van der Waals surface area contributed by atoms with Crippen LogP contribution in [0.4, 0.5) is 5.69 Å². The molecule has 0 aliphatic heterocycles. The van der Waals surface area contributed by atoms with Crippen LogP contribution in [0.25, 0.3) is 11.0 Å². The van der Waals surface area contributed by atoms with Gasteiger partial charge in [-0.25, -0.2) is 4.98 Å². The Morgan fingerprint density at radius 1 is 0.971 bits per heavy atom. The van der Waals surface area contributed by atoms with Crippen molar-refractivity contribution < 1.29 is 9.59 Å². The maximum absolute atomic E-state index is 13.3. The Morgan fingerprint density at radius 3 is 2.44 bits per heavy atom. The van der Waals surface area contributed by atoms with Gasteiger partial charge in [0.25, 0.3) is 5.91 Å². The molecule has 0 saturated carbocycles. The standard InChI is InChI=1S/C28H30N4O2/c1-4-31(22-10-6-5-7-11-22)27(33)19-32-25-13-9-8-12-24(25)30-26(32)16-17-29-28(34)23-15-14-20(2)18-21(23)3/h5-15,18H,4,16-17,19H2,1-3H3,(H,29,34). The minimum atomic E-state index is -0.0996. The Morgan fingerprint density at radius 2 is 1.71 bits per heavy atom. The molecule has 1 aromatic heterocycles. The van der Waals surface area contributed by atoms with Crippen LogP contribution in [0.5, 0.6) is 0 Å². The first kappa shape index (κ1) is 23.2.